The molecule has 132 valence electrons. The van der Waals surface area contributed by atoms with Crippen molar-refractivity contribution in [3.63, 3.8) is 0 Å². The molecule has 1 saturated heterocycles. The molecule has 2 aromatic carbocycles. The number of anilines is 1. The predicted molar refractivity (Wildman–Crippen MR) is 102 cm³/mol. The highest BCUT2D eigenvalue weighted by Crippen LogP contribution is 2.25. The number of ether oxygens (including phenoxy) is 1. The van der Waals surface area contributed by atoms with E-state index in [4.69, 9.17) is 4.74 Å². The van der Waals surface area contributed by atoms with Gasteiger partial charge in [0.05, 0.1) is 0 Å². The van der Waals surface area contributed by atoms with Crippen molar-refractivity contribution in [2.75, 3.05) is 25.0 Å². The maximum absolute atomic E-state index is 12.7. The number of fused-ring (bicyclic) bond motifs is 1. The second kappa shape index (κ2) is 7.79. The number of hydrogen-bond acceptors (Lipinski definition) is 3. The van der Waals surface area contributed by atoms with Crippen LogP contribution in [0.3, 0.4) is 0 Å². The molecule has 0 saturated carbocycles. The summed E-state index contributed by atoms with van der Waals surface area (Å²) in [7, 11) is 0. The van der Waals surface area contributed by atoms with Crippen molar-refractivity contribution in [2.24, 2.45) is 0 Å². The Hall–Kier alpha value is -2.20. The summed E-state index contributed by atoms with van der Waals surface area (Å²) in [5.41, 5.74) is 3.23. The van der Waals surface area contributed by atoms with Crippen LogP contribution < -0.4 is 10.1 Å². The molecular formula is C20H23ClN2O2. The fourth-order valence-electron chi connectivity index (χ4n) is 3.49. The smallest absolute Gasteiger partial charge is 0.253 e. The number of nitrogens with zero attached hydrogens (tertiary/aromatic N) is 1. The van der Waals surface area contributed by atoms with E-state index < -0.39 is 0 Å². The number of amides is 1. The Balaban J connectivity index is 0.00000182. The number of nitrogens with one attached hydrogen (secondary N) is 1. The average Bonchev–Trinajstić information content (AvgIpc) is 3.10. The van der Waals surface area contributed by atoms with Crippen LogP contribution in [0.25, 0.3) is 0 Å². The first-order valence-corrected chi connectivity index (χ1v) is 8.67. The number of para-hydroxylation sites is 1. The van der Waals surface area contributed by atoms with Gasteiger partial charge in [-0.3, -0.25) is 4.79 Å². The zero-order valence-corrected chi connectivity index (χ0v) is 14.9. The van der Waals surface area contributed by atoms with Crippen LogP contribution in [0.1, 0.15) is 28.8 Å². The van der Waals surface area contributed by atoms with Crippen molar-refractivity contribution in [1.29, 1.82) is 0 Å². The minimum absolute atomic E-state index is 0. The fraction of sp³-hybridized carbons (Fsp3) is 0.350. The molecule has 1 N–H and O–H groups in total. The van der Waals surface area contributed by atoms with Crippen LogP contribution in [0.2, 0.25) is 0 Å². The summed E-state index contributed by atoms with van der Waals surface area (Å²) in [6.45, 7) is 2.48. The molecule has 2 aromatic rings. The van der Waals surface area contributed by atoms with E-state index in [0.29, 0.717) is 0 Å². The van der Waals surface area contributed by atoms with Gasteiger partial charge in [0.1, 0.15) is 11.9 Å². The number of halogens is 1. The number of benzene rings is 2. The molecule has 0 aliphatic carbocycles. The quantitative estimate of drug-likeness (QED) is 0.908. The molecule has 2 aliphatic heterocycles. The molecule has 0 aromatic heterocycles. The van der Waals surface area contributed by atoms with Gasteiger partial charge in [-0.15, -0.1) is 12.4 Å². The van der Waals surface area contributed by atoms with Crippen LogP contribution in [0.5, 0.6) is 5.75 Å². The van der Waals surface area contributed by atoms with Gasteiger partial charge >= 0.3 is 0 Å². The Morgan fingerprint density at radius 1 is 1.08 bits per heavy atom. The second-order valence-corrected chi connectivity index (χ2v) is 6.47. The molecule has 4 rings (SSSR count). The average molecular weight is 359 g/mol. The van der Waals surface area contributed by atoms with E-state index in [1.54, 1.807) is 0 Å². The monoisotopic (exact) mass is 358 g/mol. The number of carbonyl (C=O) groups is 1. The highest BCUT2D eigenvalue weighted by Gasteiger charge is 2.25. The molecule has 4 nitrogen and oxygen atoms in total. The SMILES string of the molecule is Cl.O=C(c1ccc2c(c1)CCN2)N1CCC(Oc2ccccc2)CC1. The first-order valence-electron chi connectivity index (χ1n) is 8.67. The summed E-state index contributed by atoms with van der Waals surface area (Å²) in [4.78, 5) is 14.7. The van der Waals surface area contributed by atoms with Crippen molar-refractivity contribution in [3.8, 4) is 5.75 Å². The Morgan fingerprint density at radius 2 is 1.84 bits per heavy atom. The molecule has 25 heavy (non-hydrogen) atoms. The standard InChI is InChI=1S/C20H22N2O2.ClH/c23-20(16-6-7-19-15(14-16)8-11-21-19)22-12-9-18(10-13-22)24-17-4-2-1-3-5-17;/h1-7,14,18,21H,8-13H2;1H. The summed E-state index contributed by atoms with van der Waals surface area (Å²) in [5.74, 6) is 1.05. The van der Waals surface area contributed by atoms with Gasteiger partial charge in [-0.05, 0) is 42.3 Å². The highest BCUT2D eigenvalue weighted by molar-refractivity contribution is 5.95. The lowest BCUT2D eigenvalue weighted by atomic mass is 10.0. The molecule has 1 fully saturated rings. The normalized spacial score (nSPS) is 16.6. The van der Waals surface area contributed by atoms with Crippen molar-refractivity contribution in [1.82, 2.24) is 4.90 Å². The van der Waals surface area contributed by atoms with E-state index in [1.165, 1.54) is 11.3 Å². The first kappa shape index (κ1) is 17.6. The second-order valence-electron chi connectivity index (χ2n) is 6.47. The minimum Gasteiger partial charge on any atom is -0.490 e. The van der Waals surface area contributed by atoms with Gasteiger partial charge in [-0.1, -0.05) is 18.2 Å². The molecule has 0 spiro atoms. The zero-order chi connectivity index (χ0) is 16.4. The molecule has 0 bridgehead atoms. The summed E-state index contributed by atoms with van der Waals surface area (Å²) in [6, 6.07) is 15.9. The van der Waals surface area contributed by atoms with Gasteiger partial charge in [0.25, 0.3) is 5.91 Å². The number of hydrogen-bond donors (Lipinski definition) is 1. The largest absolute Gasteiger partial charge is 0.490 e. The number of rotatable bonds is 3. The van der Waals surface area contributed by atoms with Crippen molar-refractivity contribution in [2.45, 2.75) is 25.4 Å². The number of piperidine rings is 1. The zero-order valence-electron chi connectivity index (χ0n) is 14.1. The third kappa shape index (κ3) is 3.90. The van der Waals surface area contributed by atoms with Crippen molar-refractivity contribution >= 4 is 24.0 Å². The lowest BCUT2D eigenvalue weighted by Gasteiger charge is -2.32. The Labute approximate surface area is 154 Å². The Morgan fingerprint density at radius 3 is 2.60 bits per heavy atom. The molecule has 0 unspecified atom stereocenters. The molecule has 0 radical (unpaired) electrons. The first-order chi connectivity index (χ1) is 11.8. The fourth-order valence-corrected chi connectivity index (χ4v) is 3.49. The molecule has 2 heterocycles. The molecule has 0 atom stereocenters. The van der Waals surface area contributed by atoms with E-state index in [1.807, 2.05) is 53.4 Å². The van der Waals surface area contributed by atoms with Crippen molar-refractivity contribution < 1.29 is 9.53 Å². The highest BCUT2D eigenvalue weighted by atomic mass is 35.5. The molecule has 1 amide bonds. The summed E-state index contributed by atoms with van der Waals surface area (Å²) in [6.07, 6.45) is 2.96. The number of likely N-dealkylation sites (tertiary alicyclic amines) is 1. The lowest BCUT2D eigenvalue weighted by Crippen LogP contribution is -2.41. The lowest BCUT2D eigenvalue weighted by molar-refractivity contribution is 0.0595. The van der Waals surface area contributed by atoms with Crippen LogP contribution in [0.15, 0.2) is 48.5 Å². The van der Waals surface area contributed by atoms with Crippen LogP contribution in [-0.4, -0.2) is 36.5 Å². The van der Waals surface area contributed by atoms with E-state index in [0.717, 1.165) is 50.2 Å². The van der Waals surface area contributed by atoms with Gasteiger partial charge < -0.3 is 15.0 Å². The van der Waals surface area contributed by atoms with E-state index in [9.17, 15) is 4.79 Å². The third-order valence-electron chi connectivity index (χ3n) is 4.84. The van der Waals surface area contributed by atoms with Crippen molar-refractivity contribution in [3.05, 3.63) is 59.7 Å². The van der Waals surface area contributed by atoms with E-state index in [-0.39, 0.29) is 24.4 Å². The number of carbonyl (C=O) groups excluding carboxylic acids is 1. The van der Waals surface area contributed by atoms with Gasteiger partial charge in [0.15, 0.2) is 0 Å². The van der Waals surface area contributed by atoms with Crippen LogP contribution in [0, 0.1) is 0 Å². The van der Waals surface area contributed by atoms with Crippen LogP contribution in [0.4, 0.5) is 5.69 Å². The summed E-state index contributed by atoms with van der Waals surface area (Å²) < 4.78 is 6.00. The van der Waals surface area contributed by atoms with Gasteiger partial charge in [0, 0.05) is 43.7 Å². The Bertz CT molecular complexity index is 728. The van der Waals surface area contributed by atoms with Gasteiger partial charge in [-0.25, -0.2) is 0 Å². The van der Waals surface area contributed by atoms with E-state index in [2.05, 4.69) is 5.32 Å². The van der Waals surface area contributed by atoms with E-state index >= 15 is 0 Å². The van der Waals surface area contributed by atoms with Crippen LogP contribution in [-0.2, 0) is 6.42 Å². The minimum atomic E-state index is 0. The van der Waals surface area contributed by atoms with Gasteiger partial charge in [0.2, 0.25) is 0 Å². The van der Waals surface area contributed by atoms with Crippen LogP contribution >= 0.6 is 12.4 Å². The molecule has 2 aliphatic rings. The summed E-state index contributed by atoms with van der Waals surface area (Å²) >= 11 is 0. The van der Waals surface area contributed by atoms with Gasteiger partial charge in [-0.2, -0.15) is 0 Å². The molecule has 5 heteroatoms. The molecular weight excluding hydrogens is 336 g/mol. The summed E-state index contributed by atoms with van der Waals surface area (Å²) in [5, 5.41) is 3.33. The Kier molecular flexibility index (Phi) is 5.49. The predicted octanol–water partition coefficient (Wildman–Crippen LogP) is 3.76. The third-order valence-corrected chi connectivity index (χ3v) is 4.84. The maximum atomic E-state index is 12.7. The topological polar surface area (TPSA) is 41.6 Å². The maximum Gasteiger partial charge on any atom is 0.253 e.